The third-order valence-electron chi connectivity index (χ3n) is 14.2. The van der Waals surface area contributed by atoms with Gasteiger partial charge in [0.2, 0.25) is 0 Å². The SMILES string of the molecule is C[C@H]1CN(C(=O)c2cnc3c(c2)nc(-c2cc4cccnc4n2CC(F)(F)F)n3C)CC[C@H]1CCN.Cn1c(-c2cc3cccnc3n2CC(F)(F)F)nc2cc(C(=O)N3CCC4CCNC4C3)cnc21. The number of halogens is 6. The largest absolute Gasteiger partial charge is 0.406 e. The number of pyridine rings is 4. The molecule has 3 saturated heterocycles. The monoisotopic (exact) mass is 982 g/mol. The molecule has 2 amide bonds. The Morgan fingerprint density at radius 1 is 0.690 bits per heavy atom. The predicted octanol–water partition coefficient (Wildman–Crippen LogP) is 7.37. The van der Waals surface area contributed by atoms with Crippen molar-refractivity contribution in [2.24, 2.45) is 37.6 Å². The third kappa shape index (κ3) is 9.41. The second kappa shape index (κ2) is 18.7. The molecule has 0 bridgehead atoms. The van der Waals surface area contributed by atoms with E-state index in [1.54, 1.807) is 71.8 Å². The summed E-state index contributed by atoms with van der Waals surface area (Å²) in [6.07, 6.45) is 1.10. The summed E-state index contributed by atoms with van der Waals surface area (Å²) >= 11 is 0. The van der Waals surface area contributed by atoms with Gasteiger partial charge in [-0.1, -0.05) is 6.92 Å². The first-order valence-electron chi connectivity index (χ1n) is 23.6. The highest BCUT2D eigenvalue weighted by Crippen LogP contribution is 2.35. The van der Waals surface area contributed by atoms with E-state index in [-0.39, 0.29) is 28.8 Å². The van der Waals surface area contributed by atoms with Crippen molar-refractivity contribution in [3.63, 3.8) is 0 Å². The lowest BCUT2D eigenvalue weighted by Crippen LogP contribution is -2.48. The number of nitrogens with zero attached hydrogens (tertiary/aromatic N) is 12. The number of imidazole rings is 2. The number of rotatable bonds is 8. The Morgan fingerprint density at radius 3 is 1.69 bits per heavy atom. The summed E-state index contributed by atoms with van der Waals surface area (Å²) in [4.78, 5) is 56.6. The van der Waals surface area contributed by atoms with E-state index in [0.717, 1.165) is 41.4 Å². The first kappa shape index (κ1) is 47.7. The van der Waals surface area contributed by atoms with E-state index < -0.39 is 25.4 Å². The number of fused-ring (bicyclic) bond motifs is 5. The molecule has 0 saturated carbocycles. The molecular weight excluding hydrogens is 931 g/mol. The van der Waals surface area contributed by atoms with Crippen LogP contribution in [0.5, 0.6) is 0 Å². The van der Waals surface area contributed by atoms with Gasteiger partial charge in [0.05, 0.1) is 22.5 Å². The molecule has 2 unspecified atom stereocenters. The molecule has 3 N–H and O–H groups in total. The molecule has 0 radical (unpaired) electrons. The number of hydrogen-bond donors (Lipinski definition) is 2. The minimum Gasteiger partial charge on any atom is -0.338 e. The summed E-state index contributed by atoms with van der Waals surface area (Å²) in [6, 6.07) is 13.8. The van der Waals surface area contributed by atoms with E-state index in [0.29, 0.717) is 118 Å². The molecule has 22 heteroatoms. The van der Waals surface area contributed by atoms with Crippen LogP contribution in [0.15, 0.2) is 73.3 Å². The van der Waals surface area contributed by atoms with Crippen LogP contribution in [0.25, 0.3) is 67.4 Å². The van der Waals surface area contributed by atoms with Gasteiger partial charge in [-0.2, -0.15) is 26.3 Å². The van der Waals surface area contributed by atoms with E-state index in [4.69, 9.17) is 5.73 Å². The lowest BCUT2D eigenvalue weighted by molar-refractivity contribution is -0.140. The summed E-state index contributed by atoms with van der Waals surface area (Å²) < 4.78 is 86.1. The van der Waals surface area contributed by atoms with Crippen LogP contribution in [-0.4, -0.2) is 127 Å². The van der Waals surface area contributed by atoms with E-state index in [2.05, 4.69) is 42.1 Å². The van der Waals surface area contributed by atoms with E-state index >= 15 is 0 Å². The smallest absolute Gasteiger partial charge is 0.338 e. The van der Waals surface area contributed by atoms with Gasteiger partial charge in [-0.15, -0.1) is 0 Å². The number of carbonyl (C=O) groups excluding carboxylic acids is 2. The summed E-state index contributed by atoms with van der Waals surface area (Å²) in [5.74, 6) is 1.91. The van der Waals surface area contributed by atoms with Crippen molar-refractivity contribution in [3.8, 4) is 23.0 Å². The first-order chi connectivity index (χ1) is 33.9. The van der Waals surface area contributed by atoms with Crippen molar-refractivity contribution in [2.75, 3.05) is 39.3 Å². The average Bonchev–Trinajstić information content (AvgIpc) is 4.17. The van der Waals surface area contributed by atoms with Crippen molar-refractivity contribution >= 4 is 56.2 Å². The van der Waals surface area contributed by atoms with Crippen LogP contribution in [0.2, 0.25) is 0 Å². The molecule has 372 valence electrons. The predicted molar refractivity (Wildman–Crippen MR) is 254 cm³/mol. The third-order valence-corrected chi connectivity index (χ3v) is 14.2. The van der Waals surface area contributed by atoms with Crippen LogP contribution in [0, 0.1) is 17.8 Å². The number of hydrogen-bond acceptors (Lipinski definition) is 10. The molecule has 8 aromatic heterocycles. The number of carbonyl (C=O) groups is 2. The Morgan fingerprint density at radius 2 is 1.20 bits per heavy atom. The molecule has 71 heavy (non-hydrogen) atoms. The zero-order valence-electron chi connectivity index (χ0n) is 39.3. The van der Waals surface area contributed by atoms with Crippen molar-refractivity contribution in [2.45, 2.75) is 64.1 Å². The number of alkyl halides is 6. The van der Waals surface area contributed by atoms with Gasteiger partial charge in [-0.05, 0) is 105 Å². The van der Waals surface area contributed by atoms with Crippen molar-refractivity contribution < 1.29 is 35.9 Å². The van der Waals surface area contributed by atoms with Gasteiger partial charge < -0.3 is 39.1 Å². The standard InChI is InChI=1S/C25H28F3N7O.C24H24F3N7O/c1-15-13-34(9-6-16(15)5-7-29)24(36)18-10-19-22(31-12-18)33(2)23(32-19)20-11-17-4-3-8-30-21(17)35(20)14-25(26,27)28;1-32-21-17(9-16(11-30-21)23(35)33-8-5-14-4-7-28-18(14)12-33)31-22(32)19-10-15-3-2-6-29-20(15)34(19)13-24(25,26)27/h3-4,8,10-12,15-16H,5-7,9,13-14,29H2,1-2H3;2-3,6,9-11,14,18,28H,4-5,7-8,12-13H2,1H3/t15-,16+;/m0./s1. The van der Waals surface area contributed by atoms with Gasteiger partial charge in [0, 0.05) is 81.9 Å². The van der Waals surface area contributed by atoms with Gasteiger partial charge in [0.25, 0.3) is 11.8 Å². The maximum absolute atomic E-state index is 13.4. The number of aromatic nitrogens is 10. The minimum absolute atomic E-state index is 0.103. The molecule has 0 spiro atoms. The zero-order chi connectivity index (χ0) is 49.9. The number of amides is 2. The number of piperidine rings is 2. The Kier molecular flexibility index (Phi) is 12.5. The lowest BCUT2D eigenvalue weighted by Gasteiger charge is -2.37. The molecule has 11 heterocycles. The fourth-order valence-electron chi connectivity index (χ4n) is 10.7. The molecule has 16 nitrogen and oxygen atoms in total. The van der Waals surface area contributed by atoms with Gasteiger partial charge >= 0.3 is 12.4 Å². The zero-order valence-corrected chi connectivity index (χ0v) is 39.3. The fourth-order valence-corrected chi connectivity index (χ4v) is 10.7. The van der Waals surface area contributed by atoms with Crippen LogP contribution >= 0.6 is 0 Å². The van der Waals surface area contributed by atoms with E-state index in [9.17, 15) is 35.9 Å². The molecule has 4 atom stereocenters. The van der Waals surface area contributed by atoms with Crippen LogP contribution < -0.4 is 11.1 Å². The summed E-state index contributed by atoms with van der Waals surface area (Å²) in [6.45, 7) is 4.07. The highest BCUT2D eigenvalue weighted by molar-refractivity contribution is 5.98. The molecular formula is C49H52F6N14O2. The fraction of sp³-hybridized carbons (Fsp3) is 0.429. The number of nitrogens with one attached hydrogen (secondary N) is 1. The second-order valence-electron chi connectivity index (χ2n) is 18.9. The second-order valence-corrected chi connectivity index (χ2v) is 18.9. The molecule has 3 aliphatic rings. The highest BCUT2D eigenvalue weighted by atomic mass is 19.4. The van der Waals surface area contributed by atoms with Gasteiger partial charge in [0.15, 0.2) is 22.9 Å². The van der Waals surface area contributed by atoms with Gasteiger partial charge in [-0.3, -0.25) is 9.59 Å². The molecule has 3 aliphatic heterocycles. The van der Waals surface area contributed by atoms with Crippen molar-refractivity contribution in [1.29, 1.82) is 0 Å². The maximum atomic E-state index is 13.4. The quantitative estimate of drug-likeness (QED) is 0.146. The molecule has 11 rings (SSSR count). The van der Waals surface area contributed by atoms with Crippen molar-refractivity contribution in [3.05, 3.63) is 84.4 Å². The number of likely N-dealkylation sites (tertiary alicyclic amines) is 2. The Bertz CT molecular complexity index is 3300. The number of nitrogens with two attached hydrogens (primary N) is 1. The number of aryl methyl sites for hydroxylation is 2. The molecule has 8 aromatic rings. The minimum atomic E-state index is -4.44. The van der Waals surface area contributed by atoms with E-state index in [1.807, 2.05) is 9.80 Å². The summed E-state index contributed by atoms with van der Waals surface area (Å²) in [7, 11) is 3.41. The van der Waals surface area contributed by atoms with Gasteiger partial charge in [0.1, 0.15) is 35.4 Å². The lowest BCUT2D eigenvalue weighted by atomic mass is 9.84. The highest BCUT2D eigenvalue weighted by Gasteiger charge is 2.36. The molecule has 0 aromatic carbocycles. The topological polar surface area (TPSA) is 176 Å². The Labute approximate surface area is 402 Å². The summed E-state index contributed by atoms with van der Waals surface area (Å²) in [5, 5.41) is 4.65. The van der Waals surface area contributed by atoms with Crippen LogP contribution in [0.1, 0.15) is 53.3 Å². The maximum Gasteiger partial charge on any atom is 0.406 e. The normalized spacial score (nSPS) is 19.7. The van der Waals surface area contributed by atoms with Crippen molar-refractivity contribution in [1.82, 2.24) is 63.3 Å². The van der Waals surface area contributed by atoms with Crippen LogP contribution in [-0.2, 0) is 27.2 Å². The van der Waals surface area contributed by atoms with Gasteiger partial charge in [-0.25, -0.2) is 29.9 Å². The first-order valence-corrected chi connectivity index (χ1v) is 23.6. The Hall–Kier alpha value is -6.94. The average molecular weight is 983 g/mol. The molecule has 0 aliphatic carbocycles. The van der Waals surface area contributed by atoms with Crippen LogP contribution in [0.4, 0.5) is 26.3 Å². The molecule has 3 fully saturated rings. The van der Waals surface area contributed by atoms with Crippen LogP contribution in [0.3, 0.4) is 0 Å². The van der Waals surface area contributed by atoms with E-state index in [1.165, 1.54) is 24.8 Å². The Balaban J connectivity index is 0.000000164. The summed E-state index contributed by atoms with van der Waals surface area (Å²) in [5.41, 5.74) is 9.47.